The molecule has 19 heavy (non-hydrogen) atoms. The van der Waals surface area contributed by atoms with Crippen LogP contribution in [-0.4, -0.2) is 31.0 Å². The van der Waals surface area contributed by atoms with Gasteiger partial charge in [-0.15, -0.1) is 0 Å². The summed E-state index contributed by atoms with van der Waals surface area (Å²) in [6.07, 6.45) is 1.06. The number of ether oxygens (including phenoxy) is 1. The maximum Gasteiger partial charge on any atom is 0.255 e. The molecule has 2 rings (SSSR count). The van der Waals surface area contributed by atoms with Crippen molar-refractivity contribution < 1.29 is 9.53 Å². The number of likely N-dealkylation sites (tertiary alicyclic amines) is 1. The third-order valence-corrected chi connectivity index (χ3v) is 4.11. The van der Waals surface area contributed by atoms with E-state index in [1.54, 1.807) is 25.3 Å². The van der Waals surface area contributed by atoms with Crippen LogP contribution in [0.2, 0.25) is 0 Å². The summed E-state index contributed by atoms with van der Waals surface area (Å²) in [7, 11) is 1.59. The van der Waals surface area contributed by atoms with Crippen molar-refractivity contribution in [1.82, 2.24) is 4.90 Å². The van der Waals surface area contributed by atoms with E-state index in [4.69, 9.17) is 10.5 Å². The van der Waals surface area contributed by atoms with Crippen molar-refractivity contribution in [1.29, 1.82) is 0 Å². The number of nitrogen functional groups attached to an aromatic ring is 1. The number of rotatable bonds is 2. The summed E-state index contributed by atoms with van der Waals surface area (Å²) >= 11 is 0. The van der Waals surface area contributed by atoms with Crippen LogP contribution in [0.1, 0.15) is 30.6 Å². The predicted molar refractivity (Wildman–Crippen MR) is 76.3 cm³/mol. The van der Waals surface area contributed by atoms with Gasteiger partial charge in [0.05, 0.1) is 12.7 Å². The highest BCUT2D eigenvalue weighted by Crippen LogP contribution is 2.26. The Balaban J connectivity index is 2.16. The van der Waals surface area contributed by atoms with E-state index < -0.39 is 0 Å². The SMILES string of the molecule is COc1ccc(C(=O)N2CCC(C)C(C)C2)c(N)c1. The van der Waals surface area contributed by atoms with Crippen molar-refractivity contribution in [2.24, 2.45) is 11.8 Å². The molecule has 1 aromatic rings. The van der Waals surface area contributed by atoms with Crippen LogP contribution in [0.5, 0.6) is 5.75 Å². The lowest BCUT2D eigenvalue weighted by molar-refractivity contribution is 0.0628. The second kappa shape index (κ2) is 5.51. The van der Waals surface area contributed by atoms with Crippen molar-refractivity contribution in [2.75, 3.05) is 25.9 Å². The lowest BCUT2D eigenvalue weighted by Crippen LogP contribution is -2.42. The fourth-order valence-electron chi connectivity index (χ4n) is 2.48. The van der Waals surface area contributed by atoms with E-state index in [-0.39, 0.29) is 5.91 Å². The van der Waals surface area contributed by atoms with Gasteiger partial charge in [-0.1, -0.05) is 13.8 Å². The maximum atomic E-state index is 12.5. The topological polar surface area (TPSA) is 55.6 Å². The number of anilines is 1. The minimum atomic E-state index is 0.0268. The molecule has 104 valence electrons. The van der Waals surface area contributed by atoms with E-state index in [2.05, 4.69) is 13.8 Å². The smallest absolute Gasteiger partial charge is 0.255 e. The van der Waals surface area contributed by atoms with Crippen LogP contribution in [0.15, 0.2) is 18.2 Å². The van der Waals surface area contributed by atoms with Gasteiger partial charge in [0.2, 0.25) is 0 Å². The summed E-state index contributed by atoms with van der Waals surface area (Å²) in [5, 5.41) is 0. The molecule has 1 saturated heterocycles. The second-order valence-corrected chi connectivity index (χ2v) is 5.45. The molecule has 0 radical (unpaired) electrons. The molecule has 0 bridgehead atoms. The number of amides is 1. The molecule has 4 heteroatoms. The highest BCUT2D eigenvalue weighted by molar-refractivity contribution is 5.99. The molecule has 0 aromatic heterocycles. The Labute approximate surface area is 114 Å². The first-order valence-electron chi connectivity index (χ1n) is 6.75. The molecule has 2 N–H and O–H groups in total. The maximum absolute atomic E-state index is 12.5. The molecule has 1 aromatic carbocycles. The highest BCUT2D eigenvalue weighted by atomic mass is 16.5. The molecule has 0 saturated carbocycles. The largest absolute Gasteiger partial charge is 0.497 e. The number of carbonyl (C=O) groups is 1. The van der Waals surface area contributed by atoms with E-state index >= 15 is 0 Å². The zero-order valence-corrected chi connectivity index (χ0v) is 11.8. The van der Waals surface area contributed by atoms with E-state index in [9.17, 15) is 4.79 Å². The molecule has 1 amide bonds. The van der Waals surface area contributed by atoms with E-state index in [1.807, 2.05) is 4.90 Å². The van der Waals surface area contributed by atoms with Crippen LogP contribution in [0.4, 0.5) is 5.69 Å². The first-order chi connectivity index (χ1) is 9.02. The summed E-state index contributed by atoms with van der Waals surface area (Å²) < 4.78 is 5.10. The van der Waals surface area contributed by atoms with Gasteiger partial charge in [0.1, 0.15) is 5.75 Å². The van der Waals surface area contributed by atoms with E-state index in [0.29, 0.717) is 28.8 Å². The van der Waals surface area contributed by atoms with Crippen molar-refractivity contribution in [3.05, 3.63) is 23.8 Å². The van der Waals surface area contributed by atoms with E-state index in [0.717, 1.165) is 19.5 Å². The van der Waals surface area contributed by atoms with Gasteiger partial charge in [-0.05, 0) is 30.4 Å². The monoisotopic (exact) mass is 262 g/mol. The molecule has 0 aliphatic carbocycles. The summed E-state index contributed by atoms with van der Waals surface area (Å²) in [6.45, 7) is 6.07. The molecule has 0 spiro atoms. The van der Waals surface area contributed by atoms with Gasteiger partial charge < -0.3 is 15.4 Å². The Bertz CT molecular complexity index is 473. The number of carbonyl (C=O) groups excluding carboxylic acids is 1. The van der Waals surface area contributed by atoms with Crippen molar-refractivity contribution in [2.45, 2.75) is 20.3 Å². The molecule has 1 aliphatic rings. The van der Waals surface area contributed by atoms with Crippen molar-refractivity contribution >= 4 is 11.6 Å². The fourth-order valence-corrected chi connectivity index (χ4v) is 2.48. The van der Waals surface area contributed by atoms with Gasteiger partial charge in [-0.3, -0.25) is 4.79 Å². The Morgan fingerprint density at radius 2 is 2.11 bits per heavy atom. The van der Waals surface area contributed by atoms with Crippen LogP contribution < -0.4 is 10.5 Å². The molecule has 2 atom stereocenters. The minimum Gasteiger partial charge on any atom is -0.497 e. The summed E-state index contributed by atoms with van der Waals surface area (Å²) in [4.78, 5) is 14.4. The molecular formula is C15H22N2O2. The van der Waals surface area contributed by atoms with Gasteiger partial charge in [-0.25, -0.2) is 0 Å². The minimum absolute atomic E-state index is 0.0268. The van der Waals surface area contributed by atoms with E-state index in [1.165, 1.54) is 0 Å². The first-order valence-corrected chi connectivity index (χ1v) is 6.75. The normalized spacial score (nSPS) is 23.2. The van der Waals surface area contributed by atoms with Crippen LogP contribution in [0, 0.1) is 11.8 Å². The molecule has 1 heterocycles. The van der Waals surface area contributed by atoms with Crippen LogP contribution in [0.25, 0.3) is 0 Å². The molecule has 2 unspecified atom stereocenters. The van der Waals surface area contributed by atoms with Gasteiger partial charge in [0.15, 0.2) is 0 Å². The van der Waals surface area contributed by atoms with Gasteiger partial charge in [-0.2, -0.15) is 0 Å². The highest BCUT2D eigenvalue weighted by Gasteiger charge is 2.27. The van der Waals surface area contributed by atoms with Crippen LogP contribution >= 0.6 is 0 Å². The number of benzene rings is 1. The lowest BCUT2D eigenvalue weighted by atomic mass is 9.88. The standard InChI is InChI=1S/C15H22N2O2/c1-10-6-7-17(9-11(10)2)15(18)13-5-4-12(19-3)8-14(13)16/h4-5,8,10-11H,6-7,9,16H2,1-3H3. The Kier molecular flexibility index (Phi) is 3.98. The quantitative estimate of drug-likeness (QED) is 0.833. The Morgan fingerprint density at radius 3 is 2.68 bits per heavy atom. The second-order valence-electron chi connectivity index (χ2n) is 5.45. The number of hydrogen-bond acceptors (Lipinski definition) is 3. The Hall–Kier alpha value is -1.71. The predicted octanol–water partition coefficient (Wildman–Crippen LogP) is 2.40. The number of hydrogen-bond donors (Lipinski definition) is 1. The van der Waals surface area contributed by atoms with Crippen molar-refractivity contribution in [3.8, 4) is 5.75 Å². The number of nitrogens with two attached hydrogens (primary N) is 1. The average Bonchev–Trinajstić information content (AvgIpc) is 2.41. The average molecular weight is 262 g/mol. The first kappa shape index (κ1) is 13.7. The summed E-state index contributed by atoms with van der Waals surface area (Å²) in [6, 6.07) is 5.22. The van der Waals surface area contributed by atoms with Gasteiger partial charge in [0.25, 0.3) is 5.91 Å². The third kappa shape index (κ3) is 2.83. The summed E-state index contributed by atoms with van der Waals surface area (Å²) in [5.41, 5.74) is 6.99. The van der Waals surface area contributed by atoms with Crippen LogP contribution in [-0.2, 0) is 0 Å². The van der Waals surface area contributed by atoms with Crippen LogP contribution in [0.3, 0.4) is 0 Å². The third-order valence-electron chi connectivity index (χ3n) is 4.11. The van der Waals surface area contributed by atoms with Gasteiger partial charge >= 0.3 is 0 Å². The van der Waals surface area contributed by atoms with Gasteiger partial charge in [0, 0.05) is 24.8 Å². The lowest BCUT2D eigenvalue weighted by Gasteiger charge is -2.35. The molecule has 4 nitrogen and oxygen atoms in total. The summed E-state index contributed by atoms with van der Waals surface area (Å²) in [5.74, 6) is 1.92. The van der Waals surface area contributed by atoms with Crippen molar-refractivity contribution in [3.63, 3.8) is 0 Å². The Morgan fingerprint density at radius 1 is 1.37 bits per heavy atom. The molecular weight excluding hydrogens is 240 g/mol. The molecule has 1 fully saturated rings. The zero-order valence-electron chi connectivity index (χ0n) is 11.8. The fraction of sp³-hybridized carbons (Fsp3) is 0.533. The number of methoxy groups -OCH3 is 1. The number of piperidine rings is 1. The molecule has 1 aliphatic heterocycles. The number of nitrogens with zero attached hydrogens (tertiary/aromatic N) is 1. The zero-order chi connectivity index (χ0) is 14.0.